The van der Waals surface area contributed by atoms with Gasteiger partial charge in [0.1, 0.15) is 0 Å². The van der Waals surface area contributed by atoms with Gasteiger partial charge in [0.2, 0.25) is 0 Å². The normalized spacial score (nSPS) is 11.7. The predicted molar refractivity (Wildman–Crippen MR) is 365 cm³/mol. The largest absolute Gasteiger partial charge is 0.310 e. The third-order valence-electron chi connectivity index (χ3n) is 17.6. The minimum atomic E-state index is 1.09. The van der Waals surface area contributed by atoms with Gasteiger partial charge in [0.15, 0.2) is 0 Å². The predicted octanol–water partition coefficient (Wildman–Crippen LogP) is 22.8. The zero-order valence-electron chi connectivity index (χ0n) is 47.0. The molecule has 17 aromatic rings. The highest BCUT2D eigenvalue weighted by atomic mass is 15.2. The van der Waals surface area contributed by atoms with Crippen molar-refractivity contribution < 1.29 is 0 Å². The van der Waals surface area contributed by atoms with Crippen LogP contribution in [0.3, 0.4) is 0 Å². The van der Waals surface area contributed by atoms with E-state index in [1.54, 1.807) is 0 Å². The second-order valence-corrected chi connectivity index (χ2v) is 22.3. The molecule has 0 atom stereocenters. The van der Waals surface area contributed by atoms with Crippen LogP contribution in [0.2, 0.25) is 0 Å². The van der Waals surface area contributed by atoms with E-state index in [0.717, 1.165) is 45.5 Å². The van der Waals surface area contributed by atoms with Crippen molar-refractivity contribution in [2.75, 3.05) is 9.80 Å². The third kappa shape index (κ3) is 7.77. The summed E-state index contributed by atoms with van der Waals surface area (Å²) in [4.78, 5) is 4.88. The quantitative estimate of drug-likeness (QED) is 0.127. The van der Waals surface area contributed by atoms with Crippen LogP contribution >= 0.6 is 0 Å². The summed E-state index contributed by atoms with van der Waals surface area (Å²) in [6.45, 7) is 0. The summed E-state index contributed by atoms with van der Waals surface area (Å²) >= 11 is 0. The lowest BCUT2D eigenvalue weighted by Crippen LogP contribution is -2.10. The fraction of sp³-hybridized carbons (Fsp3) is 0. The Morgan fingerprint density at radius 3 is 0.884 bits per heavy atom. The Kier molecular flexibility index (Phi) is 11.5. The number of rotatable bonds is 10. The van der Waals surface area contributed by atoms with Gasteiger partial charge in [-0.2, -0.15) is 0 Å². The van der Waals surface area contributed by atoms with Crippen LogP contribution in [0.25, 0.3) is 120 Å². The first-order valence-electron chi connectivity index (χ1n) is 29.6. The van der Waals surface area contributed by atoms with Crippen LogP contribution in [-0.4, -0.2) is 9.13 Å². The number of aromatic nitrogens is 2. The zero-order valence-corrected chi connectivity index (χ0v) is 47.0. The Labute approximate surface area is 498 Å². The molecule has 2 heterocycles. The number of nitrogens with zero attached hydrogens (tertiary/aromatic N) is 4. The van der Waals surface area contributed by atoms with Gasteiger partial charge in [0.25, 0.3) is 0 Å². The smallest absolute Gasteiger partial charge is 0.0542 e. The molecule has 0 N–H and O–H groups in total. The van der Waals surface area contributed by atoms with E-state index in [4.69, 9.17) is 0 Å². The molecule has 0 radical (unpaired) electrons. The molecule has 17 rings (SSSR count). The van der Waals surface area contributed by atoms with Crippen molar-refractivity contribution in [3.8, 4) is 33.6 Å². The molecule has 0 bridgehead atoms. The van der Waals surface area contributed by atoms with Crippen LogP contribution in [0.1, 0.15) is 0 Å². The molecular formula is C82H54N4. The van der Waals surface area contributed by atoms with Gasteiger partial charge < -0.3 is 18.9 Å². The Morgan fingerprint density at radius 2 is 0.488 bits per heavy atom. The first-order valence-corrected chi connectivity index (χ1v) is 29.6. The maximum Gasteiger partial charge on any atom is 0.0542 e. The SMILES string of the molecule is c1ccc(N(c2ccc3c(c2)c2ccccc2n3-c2ccccc2)c2cccc3c(-c4c5ccccc5c(-c5cccc6c(N(c7ccccc7)c7ccc8c(c7)c7ccccc7n8-c7ccccc7)cccc56)c5ccccc45)cccc23)cc1. The van der Waals surface area contributed by atoms with Crippen molar-refractivity contribution >= 4 is 121 Å². The highest BCUT2D eigenvalue weighted by molar-refractivity contribution is 6.26. The van der Waals surface area contributed by atoms with Gasteiger partial charge in [-0.05, 0) is 164 Å². The second-order valence-electron chi connectivity index (χ2n) is 22.3. The Hall–Kier alpha value is -11.5. The summed E-state index contributed by atoms with van der Waals surface area (Å²) in [6, 6.07) is 120. The average molecular weight is 1100 g/mol. The molecule has 0 saturated carbocycles. The average Bonchev–Trinajstić information content (AvgIpc) is 0.893. The monoisotopic (exact) mass is 1090 g/mol. The Morgan fingerprint density at radius 1 is 0.186 bits per heavy atom. The Balaban J connectivity index is 0.839. The molecule has 2 aromatic heterocycles. The molecule has 86 heavy (non-hydrogen) atoms. The van der Waals surface area contributed by atoms with E-state index in [0.29, 0.717) is 0 Å². The van der Waals surface area contributed by atoms with Crippen molar-refractivity contribution in [2.45, 2.75) is 0 Å². The van der Waals surface area contributed by atoms with E-state index in [9.17, 15) is 0 Å². The van der Waals surface area contributed by atoms with Crippen molar-refractivity contribution in [2.24, 2.45) is 0 Å². The van der Waals surface area contributed by atoms with Gasteiger partial charge >= 0.3 is 0 Å². The molecule has 4 heteroatoms. The van der Waals surface area contributed by atoms with Crippen LogP contribution in [0.4, 0.5) is 34.1 Å². The summed E-state index contributed by atoms with van der Waals surface area (Å²) in [6.07, 6.45) is 0. The fourth-order valence-electron chi connectivity index (χ4n) is 14.0. The highest BCUT2D eigenvalue weighted by Gasteiger charge is 2.25. The van der Waals surface area contributed by atoms with Gasteiger partial charge in [0.05, 0.1) is 33.4 Å². The fourth-order valence-corrected chi connectivity index (χ4v) is 14.0. The summed E-state index contributed by atoms with van der Waals surface area (Å²) in [5.74, 6) is 0. The molecule has 0 aliphatic carbocycles. The maximum absolute atomic E-state index is 2.44. The van der Waals surface area contributed by atoms with Gasteiger partial charge in [0, 0.05) is 66.4 Å². The number of anilines is 6. The standard InChI is InChI=1S/C82H54N4/c1-5-25-55(26-6-1)83(59-49-51-79-73(53-59)65-33-17-19-45-77(65)85(79)57-29-9-3-10-30-57)75-47-23-39-61-63(75)41-21-43-67(61)81-69-35-13-15-37-71(69)82(72-38-16-14-36-70(72)81)68-44-22-42-64-62(68)40-24-48-76(64)84(56-27-7-2-8-28-56)60-50-52-80-74(54-60)66-34-18-20-46-78(66)86(80)58-31-11-4-12-32-58/h1-54H. The topological polar surface area (TPSA) is 16.3 Å². The van der Waals surface area contributed by atoms with Gasteiger partial charge in [-0.3, -0.25) is 0 Å². The molecule has 0 amide bonds. The summed E-state index contributed by atoms with van der Waals surface area (Å²) in [5, 5.41) is 14.4. The summed E-state index contributed by atoms with van der Waals surface area (Å²) < 4.78 is 4.77. The molecule has 0 fully saturated rings. The lowest BCUT2D eigenvalue weighted by atomic mass is 9.83. The highest BCUT2D eigenvalue weighted by Crippen LogP contribution is 2.51. The van der Waals surface area contributed by atoms with Crippen LogP contribution in [0.5, 0.6) is 0 Å². The van der Waals surface area contributed by atoms with Crippen LogP contribution in [0, 0.1) is 0 Å². The lowest BCUT2D eigenvalue weighted by Gasteiger charge is -2.28. The summed E-state index contributed by atoms with van der Waals surface area (Å²) in [7, 11) is 0. The molecule has 402 valence electrons. The third-order valence-corrected chi connectivity index (χ3v) is 17.6. The van der Waals surface area contributed by atoms with Gasteiger partial charge in [-0.1, -0.05) is 218 Å². The van der Waals surface area contributed by atoms with E-state index in [-0.39, 0.29) is 0 Å². The lowest BCUT2D eigenvalue weighted by molar-refractivity contribution is 1.18. The van der Waals surface area contributed by atoms with Crippen molar-refractivity contribution in [3.63, 3.8) is 0 Å². The Bertz CT molecular complexity index is 5070. The van der Waals surface area contributed by atoms with Crippen molar-refractivity contribution in [1.82, 2.24) is 9.13 Å². The van der Waals surface area contributed by atoms with Gasteiger partial charge in [-0.15, -0.1) is 0 Å². The molecule has 0 spiro atoms. The zero-order chi connectivity index (χ0) is 56.7. The van der Waals surface area contributed by atoms with Crippen molar-refractivity contribution in [1.29, 1.82) is 0 Å². The van der Waals surface area contributed by atoms with Crippen LogP contribution in [-0.2, 0) is 0 Å². The van der Waals surface area contributed by atoms with Crippen LogP contribution < -0.4 is 9.80 Å². The summed E-state index contributed by atoms with van der Waals surface area (Å²) in [5.41, 5.74) is 18.5. The second kappa shape index (κ2) is 20.2. The molecule has 0 aliphatic rings. The molecule has 0 unspecified atom stereocenters. The first-order chi connectivity index (χ1) is 42.7. The molecule has 0 saturated heterocycles. The number of benzene rings is 15. The molecular weight excluding hydrogens is 1040 g/mol. The van der Waals surface area contributed by atoms with E-state index in [1.807, 2.05) is 0 Å². The number of fused-ring (bicyclic) bond motifs is 10. The first kappa shape index (κ1) is 49.2. The van der Waals surface area contributed by atoms with E-state index in [1.165, 1.54) is 109 Å². The maximum atomic E-state index is 2.44. The number of para-hydroxylation sites is 6. The van der Waals surface area contributed by atoms with E-state index in [2.05, 4.69) is 347 Å². The number of hydrogen-bond donors (Lipinski definition) is 0. The molecule has 15 aromatic carbocycles. The molecule has 4 nitrogen and oxygen atoms in total. The molecule has 0 aliphatic heterocycles. The minimum absolute atomic E-state index is 1.09. The minimum Gasteiger partial charge on any atom is -0.310 e. The van der Waals surface area contributed by atoms with Crippen LogP contribution in [0.15, 0.2) is 328 Å². The van der Waals surface area contributed by atoms with Crippen molar-refractivity contribution in [3.05, 3.63) is 328 Å². The van der Waals surface area contributed by atoms with Gasteiger partial charge in [-0.25, -0.2) is 0 Å². The number of hydrogen-bond acceptors (Lipinski definition) is 2. The van der Waals surface area contributed by atoms with E-state index >= 15 is 0 Å². The van der Waals surface area contributed by atoms with E-state index < -0.39 is 0 Å².